The minimum atomic E-state index is 0.392. The molecule has 0 unspecified atom stereocenters. The summed E-state index contributed by atoms with van der Waals surface area (Å²) >= 11 is 0. The highest BCUT2D eigenvalue weighted by molar-refractivity contribution is 5.14. The molecule has 0 N–H and O–H groups in total. The maximum Gasteiger partial charge on any atom is 0.0564 e. The van der Waals surface area contributed by atoms with Gasteiger partial charge in [-0.2, -0.15) is 0 Å². The molecule has 0 radical (unpaired) electrons. The van der Waals surface area contributed by atoms with Crippen molar-refractivity contribution < 1.29 is 4.74 Å². The van der Waals surface area contributed by atoms with Crippen LogP contribution in [0.4, 0.5) is 0 Å². The fraction of sp³-hybridized carbons (Fsp3) is 0.700. The summed E-state index contributed by atoms with van der Waals surface area (Å²) in [5.41, 5.74) is 1.85. The maximum atomic E-state index is 5.80. The Hall–Kier alpha value is -0.900. The van der Waals surface area contributed by atoms with E-state index in [0.717, 1.165) is 6.61 Å². The molecule has 1 aromatic rings. The van der Waals surface area contributed by atoms with E-state index < -0.39 is 0 Å². The smallest absolute Gasteiger partial charge is 0.0564 e. The van der Waals surface area contributed by atoms with Gasteiger partial charge in [0.2, 0.25) is 0 Å². The standard InChI is InChI=1S/C20H32N2O/c1-3-20(10-16-23-18(2)17-20)22-14-12-21(13-15-22)11-9-19-7-5-4-6-8-19/h4-8,18H,3,9-17H2,1-2H3/t18-,20+/m0/s1. The topological polar surface area (TPSA) is 15.7 Å². The Balaban J connectivity index is 1.49. The molecule has 3 nitrogen and oxygen atoms in total. The zero-order valence-corrected chi connectivity index (χ0v) is 14.8. The van der Waals surface area contributed by atoms with Crippen LogP contribution in [0.25, 0.3) is 0 Å². The molecule has 23 heavy (non-hydrogen) atoms. The number of rotatable bonds is 5. The van der Waals surface area contributed by atoms with Crippen molar-refractivity contribution in [2.24, 2.45) is 0 Å². The van der Waals surface area contributed by atoms with Crippen LogP contribution in [0.3, 0.4) is 0 Å². The van der Waals surface area contributed by atoms with Crippen molar-refractivity contribution in [2.75, 3.05) is 39.3 Å². The van der Waals surface area contributed by atoms with E-state index in [4.69, 9.17) is 4.74 Å². The predicted octanol–water partition coefficient (Wildman–Crippen LogP) is 3.19. The van der Waals surface area contributed by atoms with Gasteiger partial charge in [0, 0.05) is 44.9 Å². The van der Waals surface area contributed by atoms with Crippen LogP contribution in [0.1, 0.15) is 38.7 Å². The number of hydrogen-bond acceptors (Lipinski definition) is 3. The van der Waals surface area contributed by atoms with Crippen LogP contribution in [0.5, 0.6) is 0 Å². The van der Waals surface area contributed by atoms with Crippen LogP contribution in [-0.4, -0.2) is 60.8 Å². The van der Waals surface area contributed by atoms with Crippen LogP contribution in [-0.2, 0) is 11.2 Å². The van der Waals surface area contributed by atoms with Crippen LogP contribution in [0, 0.1) is 0 Å². The first kappa shape index (κ1) is 16.9. The fourth-order valence-corrected chi connectivity index (χ4v) is 4.36. The van der Waals surface area contributed by atoms with Crippen molar-refractivity contribution in [1.29, 1.82) is 0 Å². The van der Waals surface area contributed by atoms with Crippen molar-refractivity contribution in [2.45, 2.75) is 51.2 Å². The van der Waals surface area contributed by atoms with E-state index in [2.05, 4.69) is 54.0 Å². The SMILES string of the molecule is CC[C@@]1(N2CCN(CCc3ccccc3)CC2)CCO[C@@H](C)C1. The van der Waals surface area contributed by atoms with Gasteiger partial charge in [0.15, 0.2) is 0 Å². The average Bonchev–Trinajstić information content (AvgIpc) is 2.61. The Labute approximate surface area is 141 Å². The number of piperazine rings is 1. The largest absolute Gasteiger partial charge is 0.378 e. The zero-order valence-electron chi connectivity index (χ0n) is 14.8. The van der Waals surface area contributed by atoms with E-state index in [0.29, 0.717) is 11.6 Å². The molecule has 2 atom stereocenters. The summed E-state index contributed by atoms with van der Waals surface area (Å²) in [6, 6.07) is 10.9. The highest BCUT2D eigenvalue weighted by Crippen LogP contribution is 2.34. The van der Waals surface area contributed by atoms with Crippen molar-refractivity contribution in [3.63, 3.8) is 0 Å². The molecule has 2 heterocycles. The van der Waals surface area contributed by atoms with Gasteiger partial charge < -0.3 is 9.64 Å². The number of nitrogens with zero attached hydrogens (tertiary/aromatic N) is 2. The third kappa shape index (κ3) is 4.14. The van der Waals surface area contributed by atoms with Crippen LogP contribution < -0.4 is 0 Å². The first-order valence-electron chi connectivity index (χ1n) is 9.35. The Kier molecular flexibility index (Phi) is 5.73. The van der Waals surface area contributed by atoms with Crippen molar-refractivity contribution in [1.82, 2.24) is 9.80 Å². The van der Waals surface area contributed by atoms with Crippen LogP contribution in [0.2, 0.25) is 0 Å². The lowest BCUT2D eigenvalue weighted by molar-refractivity contribution is -0.0808. The summed E-state index contributed by atoms with van der Waals surface area (Å²) in [6.45, 7) is 11.6. The molecule has 3 heteroatoms. The third-order valence-electron chi connectivity index (χ3n) is 5.90. The molecule has 0 aromatic heterocycles. The Bertz CT molecular complexity index is 470. The molecule has 2 aliphatic rings. The molecule has 1 aromatic carbocycles. The third-order valence-corrected chi connectivity index (χ3v) is 5.90. The zero-order chi connectivity index (χ0) is 16.1. The monoisotopic (exact) mass is 316 g/mol. The summed E-state index contributed by atoms with van der Waals surface area (Å²) in [6.07, 6.45) is 5.25. The van der Waals surface area contributed by atoms with Gasteiger partial charge in [0.25, 0.3) is 0 Å². The molecule has 0 aliphatic carbocycles. The van der Waals surface area contributed by atoms with Crippen molar-refractivity contribution >= 4 is 0 Å². The number of hydrogen-bond donors (Lipinski definition) is 0. The molecule has 0 amide bonds. The summed E-state index contributed by atoms with van der Waals surface area (Å²) in [5.74, 6) is 0. The predicted molar refractivity (Wildman–Crippen MR) is 95.8 cm³/mol. The first-order chi connectivity index (χ1) is 11.2. The quantitative estimate of drug-likeness (QED) is 0.830. The van der Waals surface area contributed by atoms with Gasteiger partial charge in [-0.25, -0.2) is 0 Å². The lowest BCUT2D eigenvalue weighted by Gasteiger charge is -2.50. The Morgan fingerprint density at radius 2 is 1.87 bits per heavy atom. The number of ether oxygens (including phenoxy) is 1. The molecule has 0 saturated carbocycles. The van der Waals surface area contributed by atoms with E-state index in [9.17, 15) is 0 Å². The Morgan fingerprint density at radius 1 is 1.13 bits per heavy atom. The minimum Gasteiger partial charge on any atom is -0.378 e. The maximum absolute atomic E-state index is 5.80. The summed E-state index contributed by atoms with van der Waals surface area (Å²) in [5, 5.41) is 0. The van der Waals surface area contributed by atoms with Gasteiger partial charge in [-0.1, -0.05) is 37.3 Å². The van der Waals surface area contributed by atoms with Crippen molar-refractivity contribution in [3.05, 3.63) is 35.9 Å². The highest BCUT2D eigenvalue weighted by Gasteiger charge is 2.40. The first-order valence-corrected chi connectivity index (χ1v) is 9.35. The normalized spacial score (nSPS) is 30.4. The molecular formula is C20H32N2O. The summed E-state index contributed by atoms with van der Waals surface area (Å²) in [7, 11) is 0. The number of benzene rings is 1. The van der Waals surface area contributed by atoms with Gasteiger partial charge >= 0.3 is 0 Å². The second-order valence-corrected chi connectivity index (χ2v) is 7.28. The molecule has 2 saturated heterocycles. The lowest BCUT2D eigenvalue weighted by atomic mass is 9.82. The molecule has 0 bridgehead atoms. The van der Waals surface area contributed by atoms with Crippen LogP contribution >= 0.6 is 0 Å². The second kappa shape index (κ2) is 7.78. The van der Waals surface area contributed by atoms with Gasteiger partial charge in [0.05, 0.1) is 6.10 Å². The molecular weight excluding hydrogens is 284 g/mol. The molecule has 2 fully saturated rings. The van der Waals surface area contributed by atoms with E-state index in [-0.39, 0.29) is 0 Å². The van der Waals surface area contributed by atoms with E-state index in [1.165, 1.54) is 64.0 Å². The lowest BCUT2D eigenvalue weighted by Crippen LogP contribution is -2.59. The average molecular weight is 316 g/mol. The van der Waals surface area contributed by atoms with Crippen LogP contribution in [0.15, 0.2) is 30.3 Å². The van der Waals surface area contributed by atoms with Crippen molar-refractivity contribution in [3.8, 4) is 0 Å². The summed E-state index contributed by atoms with van der Waals surface area (Å²) in [4.78, 5) is 5.40. The highest BCUT2D eigenvalue weighted by atomic mass is 16.5. The van der Waals surface area contributed by atoms with Gasteiger partial charge in [0.1, 0.15) is 0 Å². The Morgan fingerprint density at radius 3 is 2.52 bits per heavy atom. The molecule has 0 spiro atoms. The van der Waals surface area contributed by atoms with E-state index >= 15 is 0 Å². The summed E-state index contributed by atoms with van der Waals surface area (Å²) < 4.78 is 5.80. The van der Waals surface area contributed by atoms with Gasteiger partial charge in [-0.15, -0.1) is 0 Å². The fourth-order valence-electron chi connectivity index (χ4n) is 4.36. The molecule has 128 valence electrons. The van der Waals surface area contributed by atoms with Gasteiger partial charge in [-0.05, 0) is 38.2 Å². The second-order valence-electron chi connectivity index (χ2n) is 7.28. The van der Waals surface area contributed by atoms with Gasteiger partial charge in [-0.3, -0.25) is 4.90 Å². The van der Waals surface area contributed by atoms with E-state index in [1.54, 1.807) is 0 Å². The minimum absolute atomic E-state index is 0.392. The molecule has 2 aliphatic heterocycles. The molecule has 3 rings (SSSR count). The van der Waals surface area contributed by atoms with E-state index in [1.807, 2.05) is 0 Å².